The number of hydrogen-bond acceptors (Lipinski definition) is 3. The van der Waals surface area contributed by atoms with Crippen LogP contribution in [-0.2, 0) is 16.0 Å². The fraction of sp³-hybridized carbons (Fsp3) is 0.278. The van der Waals surface area contributed by atoms with Crippen molar-refractivity contribution in [1.82, 2.24) is 10.3 Å². The molecule has 2 aromatic rings. The summed E-state index contributed by atoms with van der Waals surface area (Å²) in [4.78, 5) is 27.7. The summed E-state index contributed by atoms with van der Waals surface area (Å²) in [7, 11) is 0. The normalized spacial score (nSPS) is 10.2. The van der Waals surface area contributed by atoms with Gasteiger partial charge in [0.1, 0.15) is 0 Å². The summed E-state index contributed by atoms with van der Waals surface area (Å²) in [5.74, 6) is -0.376. The molecule has 23 heavy (non-hydrogen) atoms. The minimum Gasteiger partial charge on any atom is -0.347 e. The van der Waals surface area contributed by atoms with Gasteiger partial charge in [0.15, 0.2) is 0 Å². The standard InChI is InChI=1S/C18H21N3O2/c1-13-5-3-7-16(14(13)2)21-18(23)12-20-17(22)9-8-15-6-4-10-19-11-15/h3-7,10-11H,8-9,12H2,1-2H3,(H,20,22)(H,21,23). The second-order valence-corrected chi connectivity index (χ2v) is 5.43. The summed E-state index contributed by atoms with van der Waals surface area (Å²) >= 11 is 0. The highest BCUT2D eigenvalue weighted by molar-refractivity contribution is 5.95. The molecule has 1 aromatic heterocycles. The molecule has 0 saturated heterocycles. The van der Waals surface area contributed by atoms with E-state index >= 15 is 0 Å². The minimum atomic E-state index is -0.228. The predicted molar refractivity (Wildman–Crippen MR) is 90.1 cm³/mol. The van der Waals surface area contributed by atoms with Crippen LogP contribution in [0.25, 0.3) is 0 Å². The molecule has 2 rings (SSSR count). The Morgan fingerprint density at radius 1 is 1.09 bits per heavy atom. The Morgan fingerprint density at radius 2 is 1.91 bits per heavy atom. The number of amides is 2. The number of nitrogens with one attached hydrogen (secondary N) is 2. The number of nitrogens with zero attached hydrogens (tertiary/aromatic N) is 1. The Kier molecular flexibility index (Phi) is 5.86. The zero-order chi connectivity index (χ0) is 16.7. The Hall–Kier alpha value is -2.69. The lowest BCUT2D eigenvalue weighted by Crippen LogP contribution is -2.33. The summed E-state index contributed by atoms with van der Waals surface area (Å²) in [5, 5.41) is 5.45. The van der Waals surface area contributed by atoms with Crippen LogP contribution in [0.2, 0.25) is 0 Å². The number of anilines is 1. The fourth-order valence-corrected chi connectivity index (χ4v) is 2.15. The Balaban J connectivity index is 1.75. The smallest absolute Gasteiger partial charge is 0.243 e. The van der Waals surface area contributed by atoms with Crippen LogP contribution in [0.3, 0.4) is 0 Å². The molecule has 0 fully saturated rings. The molecular weight excluding hydrogens is 290 g/mol. The van der Waals surface area contributed by atoms with E-state index in [1.165, 1.54) is 0 Å². The van der Waals surface area contributed by atoms with Crippen LogP contribution in [0.4, 0.5) is 5.69 Å². The molecule has 2 N–H and O–H groups in total. The lowest BCUT2D eigenvalue weighted by molar-refractivity contribution is -0.124. The fourth-order valence-electron chi connectivity index (χ4n) is 2.15. The highest BCUT2D eigenvalue weighted by Crippen LogP contribution is 2.17. The lowest BCUT2D eigenvalue weighted by Gasteiger charge is -2.11. The highest BCUT2D eigenvalue weighted by atomic mass is 16.2. The molecule has 1 heterocycles. The number of hydrogen-bond donors (Lipinski definition) is 2. The molecule has 0 aliphatic rings. The molecule has 0 radical (unpaired) electrons. The van der Waals surface area contributed by atoms with Crippen LogP contribution in [0.5, 0.6) is 0 Å². The number of rotatable bonds is 6. The Bertz CT molecular complexity index is 684. The van der Waals surface area contributed by atoms with Crippen LogP contribution in [-0.4, -0.2) is 23.3 Å². The summed E-state index contributed by atoms with van der Waals surface area (Å²) < 4.78 is 0. The van der Waals surface area contributed by atoms with Gasteiger partial charge < -0.3 is 10.6 Å². The molecule has 5 nitrogen and oxygen atoms in total. The number of carbonyl (C=O) groups excluding carboxylic acids is 2. The van der Waals surface area contributed by atoms with Crippen LogP contribution < -0.4 is 10.6 Å². The molecular formula is C18H21N3O2. The van der Waals surface area contributed by atoms with Crippen molar-refractivity contribution in [1.29, 1.82) is 0 Å². The number of benzene rings is 1. The predicted octanol–water partition coefficient (Wildman–Crippen LogP) is 2.39. The van der Waals surface area contributed by atoms with E-state index in [0.717, 1.165) is 22.4 Å². The average Bonchev–Trinajstić information content (AvgIpc) is 2.56. The third-order valence-corrected chi connectivity index (χ3v) is 3.69. The second-order valence-electron chi connectivity index (χ2n) is 5.43. The van der Waals surface area contributed by atoms with Crippen molar-refractivity contribution >= 4 is 17.5 Å². The van der Waals surface area contributed by atoms with Crippen molar-refractivity contribution in [2.75, 3.05) is 11.9 Å². The van der Waals surface area contributed by atoms with Gasteiger partial charge in [-0.25, -0.2) is 0 Å². The van der Waals surface area contributed by atoms with Crippen molar-refractivity contribution in [3.63, 3.8) is 0 Å². The van der Waals surface area contributed by atoms with E-state index < -0.39 is 0 Å². The van der Waals surface area contributed by atoms with E-state index in [0.29, 0.717) is 12.8 Å². The molecule has 0 unspecified atom stereocenters. The first-order valence-corrected chi connectivity index (χ1v) is 7.58. The number of aryl methyl sites for hydroxylation is 2. The van der Waals surface area contributed by atoms with Gasteiger partial charge in [0.25, 0.3) is 0 Å². The molecule has 5 heteroatoms. The minimum absolute atomic E-state index is 0.0285. The van der Waals surface area contributed by atoms with Gasteiger partial charge in [-0.2, -0.15) is 0 Å². The van der Waals surface area contributed by atoms with Gasteiger partial charge in [-0.05, 0) is 49.1 Å². The maximum atomic E-state index is 11.9. The molecule has 0 bridgehead atoms. The van der Waals surface area contributed by atoms with Crippen LogP contribution in [0, 0.1) is 13.8 Å². The third kappa shape index (κ3) is 5.21. The first-order chi connectivity index (χ1) is 11.1. The van der Waals surface area contributed by atoms with Crippen molar-refractivity contribution in [2.24, 2.45) is 0 Å². The van der Waals surface area contributed by atoms with Gasteiger partial charge in [-0.3, -0.25) is 14.6 Å². The van der Waals surface area contributed by atoms with Gasteiger partial charge in [0, 0.05) is 24.5 Å². The summed E-state index contributed by atoms with van der Waals surface area (Å²) in [5.41, 5.74) is 3.93. The SMILES string of the molecule is Cc1cccc(NC(=O)CNC(=O)CCc2cccnc2)c1C. The highest BCUT2D eigenvalue weighted by Gasteiger charge is 2.08. The van der Waals surface area contributed by atoms with Gasteiger partial charge in [0.2, 0.25) is 11.8 Å². The van der Waals surface area contributed by atoms with Gasteiger partial charge >= 0.3 is 0 Å². The number of pyridine rings is 1. The molecule has 1 aromatic carbocycles. The maximum Gasteiger partial charge on any atom is 0.243 e. The maximum absolute atomic E-state index is 11.9. The van der Waals surface area contributed by atoms with Crippen LogP contribution in [0.1, 0.15) is 23.1 Å². The van der Waals surface area contributed by atoms with E-state index in [9.17, 15) is 9.59 Å². The van der Waals surface area contributed by atoms with Gasteiger partial charge in [-0.1, -0.05) is 18.2 Å². The third-order valence-electron chi connectivity index (χ3n) is 3.69. The van der Waals surface area contributed by atoms with Crippen molar-refractivity contribution < 1.29 is 9.59 Å². The molecule has 2 amide bonds. The molecule has 0 atom stereocenters. The first kappa shape index (κ1) is 16.7. The van der Waals surface area contributed by atoms with Crippen molar-refractivity contribution in [2.45, 2.75) is 26.7 Å². The van der Waals surface area contributed by atoms with E-state index in [1.807, 2.05) is 44.2 Å². The topological polar surface area (TPSA) is 71.1 Å². The average molecular weight is 311 g/mol. The number of aromatic nitrogens is 1. The number of carbonyl (C=O) groups is 2. The summed E-state index contributed by atoms with van der Waals surface area (Å²) in [6.45, 7) is 3.92. The Morgan fingerprint density at radius 3 is 2.65 bits per heavy atom. The zero-order valence-electron chi connectivity index (χ0n) is 13.4. The molecule has 0 aliphatic carbocycles. The monoisotopic (exact) mass is 311 g/mol. The molecule has 120 valence electrons. The summed E-state index contributed by atoms with van der Waals surface area (Å²) in [6.07, 6.45) is 4.38. The molecule has 0 spiro atoms. The van der Waals surface area contributed by atoms with Crippen molar-refractivity contribution in [3.8, 4) is 0 Å². The zero-order valence-corrected chi connectivity index (χ0v) is 13.4. The van der Waals surface area contributed by atoms with Crippen LogP contribution >= 0.6 is 0 Å². The van der Waals surface area contributed by atoms with Crippen LogP contribution in [0.15, 0.2) is 42.7 Å². The van der Waals surface area contributed by atoms with Gasteiger partial charge in [-0.15, -0.1) is 0 Å². The lowest BCUT2D eigenvalue weighted by atomic mass is 10.1. The van der Waals surface area contributed by atoms with E-state index in [2.05, 4.69) is 15.6 Å². The quantitative estimate of drug-likeness (QED) is 0.860. The van der Waals surface area contributed by atoms with E-state index in [4.69, 9.17) is 0 Å². The second kappa shape index (κ2) is 8.08. The summed E-state index contributed by atoms with van der Waals surface area (Å²) in [6, 6.07) is 9.50. The molecule has 0 aliphatic heterocycles. The molecule has 0 saturated carbocycles. The van der Waals surface area contributed by atoms with E-state index in [-0.39, 0.29) is 18.4 Å². The largest absolute Gasteiger partial charge is 0.347 e. The first-order valence-electron chi connectivity index (χ1n) is 7.58. The van der Waals surface area contributed by atoms with Crippen molar-refractivity contribution in [3.05, 3.63) is 59.4 Å². The van der Waals surface area contributed by atoms with Gasteiger partial charge in [0.05, 0.1) is 6.54 Å². The Labute approximate surface area is 136 Å². The van der Waals surface area contributed by atoms with E-state index in [1.54, 1.807) is 12.4 Å².